The maximum absolute atomic E-state index is 13.0. The average molecular weight is 618 g/mol. The van der Waals surface area contributed by atoms with Crippen molar-refractivity contribution in [2.24, 2.45) is 0 Å². The molecule has 0 radical (unpaired) electrons. The molecule has 1 heterocycles. The van der Waals surface area contributed by atoms with Crippen LogP contribution in [0, 0.1) is 0 Å². The Labute approximate surface area is 239 Å². The molecule has 0 bridgehead atoms. The topological polar surface area (TPSA) is 127 Å². The van der Waals surface area contributed by atoms with E-state index in [-0.39, 0.29) is 49.2 Å². The fourth-order valence-electron chi connectivity index (χ4n) is 3.51. The summed E-state index contributed by atoms with van der Waals surface area (Å²) in [7, 11) is -2.88. The van der Waals surface area contributed by atoms with Gasteiger partial charge in [0, 0.05) is 32.5 Å². The molecule has 41 heavy (non-hydrogen) atoms. The molecule has 2 aromatic carbocycles. The lowest BCUT2D eigenvalue weighted by Crippen LogP contribution is -2.44. The lowest BCUT2D eigenvalue weighted by molar-refractivity contribution is -0.137. The van der Waals surface area contributed by atoms with Crippen LogP contribution in [0.1, 0.15) is 23.1 Å². The molecule has 0 aliphatic heterocycles. The summed E-state index contributed by atoms with van der Waals surface area (Å²) in [5, 5.41) is 9.17. The van der Waals surface area contributed by atoms with Crippen molar-refractivity contribution in [2.45, 2.75) is 25.6 Å². The lowest BCUT2D eigenvalue weighted by atomic mass is 10.1. The molecule has 222 valence electrons. The predicted molar refractivity (Wildman–Crippen MR) is 143 cm³/mol. The molecule has 3 aromatic rings. The fraction of sp³-hybridized carbons (Fsp3) is 0.308. The molecule has 15 heteroatoms. The Morgan fingerprint density at radius 1 is 1.12 bits per heavy atom. The molecule has 3 rings (SSSR count). The molecule has 0 unspecified atom stereocenters. The monoisotopic (exact) mass is 617 g/mol. The van der Waals surface area contributed by atoms with E-state index in [1.807, 2.05) is 0 Å². The number of rotatable bonds is 14. The van der Waals surface area contributed by atoms with E-state index in [0.29, 0.717) is 40.1 Å². The van der Waals surface area contributed by atoms with Gasteiger partial charge in [-0.05, 0) is 36.1 Å². The summed E-state index contributed by atoms with van der Waals surface area (Å²) in [5.74, 6) is 0.180. The van der Waals surface area contributed by atoms with Gasteiger partial charge in [0.1, 0.15) is 23.1 Å². The molecule has 10 nitrogen and oxygen atoms in total. The minimum atomic E-state index is -4.65. The second-order valence-electron chi connectivity index (χ2n) is 8.49. The van der Waals surface area contributed by atoms with Crippen molar-refractivity contribution in [2.75, 3.05) is 26.9 Å². The van der Waals surface area contributed by atoms with Crippen molar-refractivity contribution in [3.8, 4) is 17.4 Å². The number of nitrogens with zero attached hydrogens (tertiary/aromatic N) is 2. The number of methoxy groups -OCH3 is 1. The van der Waals surface area contributed by atoms with E-state index < -0.39 is 28.0 Å². The number of carbonyl (C=O) groups is 1. The Morgan fingerprint density at radius 3 is 2.49 bits per heavy atom. The number of halogens is 4. The van der Waals surface area contributed by atoms with Gasteiger partial charge < -0.3 is 19.3 Å². The summed E-state index contributed by atoms with van der Waals surface area (Å²) in [4.78, 5) is 15.5. The number of alkyl halides is 3. The van der Waals surface area contributed by atoms with Crippen LogP contribution in [-0.2, 0) is 34.1 Å². The number of hydrogen-bond acceptors (Lipinski definition) is 7. The van der Waals surface area contributed by atoms with Crippen molar-refractivity contribution < 1.29 is 45.7 Å². The van der Waals surface area contributed by atoms with Crippen LogP contribution >= 0.6 is 11.6 Å². The van der Waals surface area contributed by atoms with E-state index in [0.717, 1.165) is 0 Å². The Bertz CT molecular complexity index is 1430. The normalized spacial score (nSPS) is 11.7. The van der Waals surface area contributed by atoms with E-state index in [4.69, 9.17) is 25.8 Å². The molecule has 0 saturated carbocycles. The number of pyridine rings is 1. The Hall–Kier alpha value is -3.59. The van der Waals surface area contributed by atoms with Crippen molar-refractivity contribution in [1.29, 1.82) is 0 Å². The van der Waals surface area contributed by atoms with Crippen LogP contribution in [0.4, 0.5) is 18.0 Å². The van der Waals surface area contributed by atoms with Gasteiger partial charge in [0.2, 0.25) is 5.88 Å². The van der Waals surface area contributed by atoms with Gasteiger partial charge in [-0.25, -0.2) is 9.78 Å². The number of hydrogen-bond donors (Lipinski definition) is 2. The number of aromatic nitrogens is 1. The second-order valence-corrected chi connectivity index (χ2v) is 10.6. The van der Waals surface area contributed by atoms with Crippen molar-refractivity contribution >= 4 is 27.9 Å². The number of amides is 1. The van der Waals surface area contributed by atoms with Gasteiger partial charge in [0.15, 0.2) is 0 Å². The molecule has 0 atom stereocenters. The van der Waals surface area contributed by atoms with Crippen LogP contribution in [0.3, 0.4) is 0 Å². The first-order valence-electron chi connectivity index (χ1n) is 12.1. The lowest BCUT2D eigenvalue weighted by Gasteiger charge is -2.20. The largest absolute Gasteiger partial charge is 0.491 e. The Morgan fingerprint density at radius 2 is 1.85 bits per heavy atom. The predicted octanol–water partition coefficient (Wildman–Crippen LogP) is 5.52. The quantitative estimate of drug-likeness (QED) is 0.227. The smallest absolute Gasteiger partial charge is 0.422 e. The molecule has 0 aliphatic carbocycles. The van der Waals surface area contributed by atoms with Gasteiger partial charge in [-0.15, -0.1) is 0 Å². The minimum Gasteiger partial charge on any atom is -0.491 e. The number of carboxylic acid groups (broad SMARTS) is 1. The molecular formula is C26H27ClF3N3O7S. The highest BCUT2D eigenvalue weighted by Gasteiger charge is 2.32. The van der Waals surface area contributed by atoms with Crippen LogP contribution in [0.5, 0.6) is 17.4 Å². The molecule has 1 amide bonds. The molecule has 0 fully saturated rings. The van der Waals surface area contributed by atoms with Crippen LogP contribution in [0.2, 0.25) is 5.02 Å². The zero-order valence-corrected chi connectivity index (χ0v) is 23.3. The summed E-state index contributed by atoms with van der Waals surface area (Å²) < 4.78 is 83.2. The molecule has 0 spiro atoms. The van der Waals surface area contributed by atoms with E-state index in [2.05, 4.69) is 9.71 Å². The maximum Gasteiger partial charge on any atom is 0.422 e. The highest BCUT2D eigenvalue weighted by atomic mass is 35.5. The van der Waals surface area contributed by atoms with E-state index in [1.165, 1.54) is 13.2 Å². The molecule has 2 N–H and O–H groups in total. The standard InChI is InChI=1S/C26H27ClF3N3O7S/c1-38-12-13-39-21-10-9-19(23(15-21)40-24-22(27)14-20(17-31-24)26(28,29)30)8-5-11-33(25(34)35)41(36,37)32-16-18-6-3-2-4-7-18/h2-4,6-7,9-10,14-15,17,32H,5,8,11-13,16H2,1H3,(H,34,35). The Balaban J connectivity index is 1.76. The SMILES string of the molecule is COCCOc1ccc(CCCN(C(=O)O)S(=O)(=O)NCc2ccccc2)c(Oc2ncc(C(F)(F)F)cc2Cl)c1. The molecule has 1 aromatic heterocycles. The van der Waals surface area contributed by atoms with Gasteiger partial charge in [0.25, 0.3) is 0 Å². The van der Waals surface area contributed by atoms with E-state index in [1.54, 1.807) is 42.5 Å². The number of aryl methyl sites for hydroxylation is 1. The van der Waals surface area contributed by atoms with E-state index in [9.17, 15) is 31.5 Å². The third-order valence-electron chi connectivity index (χ3n) is 5.55. The first kappa shape index (κ1) is 31.9. The van der Waals surface area contributed by atoms with Gasteiger partial charge in [0.05, 0.1) is 12.2 Å². The zero-order valence-electron chi connectivity index (χ0n) is 21.7. The highest BCUT2D eigenvalue weighted by Crippen LogP contribution is 2.36. The van der Waals surface area contributed by atoms with Crippen LogP contribution in [0.25, 0.3) is 0 Å². The highest BCUT2D eigenvalue weighted by molar-refractivity contribution is 7.87. The van der Waals surface area contributed by atoms with Crippen molar-refractivity contribution in [1.82, 2.24) is 14.0 Å². The third kappa shape index (κ3) is 9.49. The minimum absolute atomic E-state index is 0.0486. The van der Waals surface area contributed by atoms with Crippen molar-refractivity contribution in [3.05, 3.63) is 82.5 Å². The first-order valence-corrected chi connectivity index (χ1v) is 13.9. The second kappa shape index (κ2) is 14.3. The third-order valence-corrected chi connectivity index (χ3v) is 7.25. The number of ether oxygens (including phenoxy) is 3. The van der Waals surface area contributed by atoms with Crippen LogP contribution < -0.4 is 14.2 Å². The summed E-state index contributed by atoms with van der Waals surface area (Å²) in [6.45, 7) is 0.0126. The maximum atomic E-state index is 13.0. The van der Waals surface area contributed by atoms with Gasteiger partial charge in [-0.1, -0.05) is 48.0 Å². The average Bonchev–Trinajstić information content (AvgIpc) is 2.92. The van der Waals surface area contributed by atoms with Crippen molar-refractivity contribution in [3.63, 3.8) is 0 Å². The van der Waals surface area contributed by atoms with Crippen LogP contribution in [0.15, 0.2) is 60.8 Å². The summed E-state index contributed by atoms with van der Waals surface area (Å²) >= 11 is 6.00. The van der Waals surface area contributed by atoms with Gasteiger partial charge >= 0.3 is 22.5 Å². The zero-order chi connectivity index (χ0) is 30.0. The summed E-state index contributed by atoms with van der Waals surface area (Å²) in [6.07, 6.45) is -5.55. The van der Waals surface area contributed by atoms with Crippen LogP contribution in [-0.4, -0.2) is 55.8 Å². The van der Waals surface area contributed by atoms with E-state index >= 15 is 0 Å². The van der Waals surface area contributed by atoms with Gasteiger partial charge in [-0.3, -0.25) is 0 Å². The Kier molecular flexibility index (Phi) is 11.2. The van der Waals surface area contributed by atoms with Gasteiger partial charge in [-0.2, -0.15) is 30.6 Å². The number of benzene rings is 2. The fourth-order valence-corrected chi connectivity index (χ4v) is 4.79. The summed E-state index contributed by atoms with van der Waals surface area (Å²) in [5.41, 5.74) is 0.0657. The number of nitrogens with one attached hydrogen (secondary N) is 1. The molecule has 0 aliphatic rings. The first-order chi connectivity index (χ1) is 19.4. The molecule has 0 saturated heterocycles. The summed E-state index contributed by atoms with van der Waals surface area (Å²) in [6, 6.07) is 13.9. The molecular weight excluding hydrogens is 591 g/mol.